The van der Waals surface area contributed by atoms with Crippen molar-refractivity contribution in [1.29, 1.82) is 0 Å². The minimum Gasteiger partial charge on any atom is -0.388 e. The Morgan fingerprint density at radius 2 is 1.89 bits per heavy atom. The lowest BCUT2D eigenvalue weighted by Gasteiger charge is -2.32. The molecule has 0 radical (unpaired) electrons. The zero-order valence-corrected chi connectivity index (χ0v) is 18.3. The minimum atomic E-state index is -0.894. The summed E-state index contributed by atoms with van der Waals surface area (Å²) < 4.78 is 0.819. The van der Waals surface area contributed by atoms with Crippen molar-refractivity contribution >= 4 is 44.4 Å². The molecule has 0 spiro atoms. The van der Waals surface area contributed by atoms with Gasteiger partial charge in [0.05, 0.1) is 11.6 Å². The highest BCUT2D eigenvalue weighted by Crippen LogP contribution is 2.33. The van der Waals surface area contributed by atoms with E-state index in [1.807, 2.05) is 32.0 Å². The van der Waals surface area contributed by atoms with Gasteiger partial charge in [0.2, 0.25) is 0 Å². The first-order valence-electron chi connectivity index (χ1n) is 9.32. The summed E-state index contributed by atoms with van der Waals surface area (Å²) in [6, 6.07) is 10.1. The SMILES string of the molecule is CC(C)C[C@@H](Nc1nc(SCc2ccccc2)nc2nc(N)sc12)C(C)(C)O. The Kier molecular flexibility index (Phi) is 6.42. The molecule has 0 saturated heterocycles. The van der Waals surface area contributed by atoms with Crippen LogP contribution in [0.1, 0.15) is 39.7 Å². The van der Waals surface area contributed by atoms with Crippen molar-refractivity contribution < 1.29 is 5.11 Å². The molecular formula is C20H27N5OS2. The number of nitrogens with two attached hydrogens (primary N) is 1. The molecule has 28 heavy (non-hydrogen) atoms. The summed E-state index contributed by atoms with van der Waals surface area (Å²) in [5.41, 5.74) is 6.83. The normalized spacial score (nSPS) is 13.2. The second-order valence-electron chi connectivity index (χ2n) is 7.81. The average Bonchev–Trinajstić information content (AvgIpc) is 2.99. The summed E-state index contributed by atoms with van der Waals surface area (Å²) in [5.74, 6) is 1.88. The molecule has 0 fully saturated rings. The number of benzene rings is 1. The molecular weight excluding hydrogens is 390 g/mol. The summed E-state index contributed by atoms with van der Waals surface area (Å²) >= 11 is 2.92. The standard InChI is InChI=1S/C20H27N5OS2/c1-12(2)10-14(20(3,4)26)22-16-15-17(23-18(21)28-15)25-19(24-16)27-11-13-8-6-5-7-9-13/h5-9,12,14,26H,10-11H2,1-4H3,(H3,21,22,23,24,25)/t14-/m1/s1. The molecule has 2 aromatic heterocycles. The monoisotopic (exact) mass is 417 g/mol. The second kappa shape index (κ2) is 8.63. The Morgan fingerprint density at radius 1 is 1.18 bits per heavy atom. The number of rotatable bonds is 8. The van der Waals surface area contributed by atoms with E-state index in [0.29, 0.717) is 27.7 Å². The maximum atomic E-state index is 10.6. The fourth-order valence-corrected chi connectivity index (χ4v) is 4.39. The molecule has 0 amide bonds. The molecule has 4 N–H and O–H groups in total. The van der Waals surface area contributed by atoms with Crippen molar-refractivity contribution in [1.82, 2.24) is 15.0 Å². The van der Waals surface area contributed by atoms with Crippen LogP contribution in [0.3, 0.4) is 0 Å². The Morgan fingerprint density at radius 3 is 2.54 bits per heavy atom. The molecule has 1 atom stereocenters. The lowest BCUT2D eigenvalue weighted by molar-refractivity contribution is 0.0521. The number of aromatic nitrogens is 3. The summed E-state index contributed by atoms with van der Waals surface area (Å²) in [7, 11) is 0. The van der Waals surface area contributed by atoms with Crippen LogP contribution in [0.4, 0.5) is 10.9 Å². The lowest BCUT2D eigenvalue weighted by Crippen LogP contribution is -2.43. The van der Waals surface area contributed by atoms with Crippen LogP contribution >= 0.6 is 23.1 Å². The Balaban J connectivity index is 1.91. The molecule has 0 aliphatic heterocycles. The van der Waals surface area contributed by atoms with Gasteiger partial charge in [-0.05, 0) is 31.7 Å². The van der Waals surface area contributed by atoms with E-state index in [9.17, 15) is 5.11 Å². The fraction of sp³-hybridized carbons (Fsp3) is 0.450. The fourth-order valence-electron chi connectivity index (χ4n) is 2.87. The van der Waals surface area contributed by atoms with Gasteiger partial charge >= 0.3 is 0 Å². The van der Waals surface area contributed by atoms with Crippen LogP contribution in [0.2, 0.25) is 0 Å². The van der Waals surface area contributed by atoms with Crippen molar-refractivity contribution in [2.75, 3.05) is 11.1 Å². The molecule has 0 unspecified atom stereocenters. The zero-order chi connectivity index (χ0) is 20.3. The first-order chi connectivity index (χ1) is 13.2. The molecule has 3 aromatic rings. The average molecular weight is 418 g/mol. The Bertz CT molecular complexity index is 921. The summed E-state index contributed by atoms with van der Waals surface area (Å²) in [6.07, 6.45) is 0.815. The van der Waals surface area contributed by atoms with Gasteiger partial charge in [-0.1, -0.05) is 67.3 Å². The van der Waals surface area contributed by atoms with Crippen molar-refractivity contribution in [3.8, 4) is 0 Å². The van der Waals surface area contributed by atoms with Gasteiger partial charge in [0.25, 0.3) is 0 Å². The van der Waals surface area contributed by atoms with Crippen LogP contribution in [-0.4, -0.2) is 31.7 Å². The first-order valence-corrected chi connectivity index (χ1v) is 11.1. The van der Waals surface area contributed by atoms with Crippen molar-refractivity contribution in [3.05, 3.63) is 35.9 Å². The van der Waals surface area contributed by atoms with Crippen LogP contribution < -0.4 is 11.1 Å². The van der Waals surface area contributed by atoms with Gasteiger partial charge < -0.3 is 16.2 Å². The highest BCUT2D eigenvalue weighted by Gasteiger charge is 2.29. The van der Waals surface area contributed by atoms with E-state index >= 15 is 0 Å². The number of anilines is 2. The predicted molar refractivity (Wildman–Crippen MR) is 119 cm³/mol. The third-order valence-electron chi connectivity index (χ3n) is 4.33. The minimum absolute atomic E-state index is 0.152. The summed E-state index contributed by atoms with van der Waals surface area (Å²) in [6.45, 7) is 7.92. The van der Waals surface area contributed by atoms with E-state index in [1.54, 1.807) is 11.8 Å². The van der Waals surface area contributed by atoms with Crippen LogP contribution in [0, 0.1) is 5.92 Å². The highest BCUT2D eigenvalue weighted by atomic mass is 32.2. The number of nitrogens with zero attached hydrogens (tertiary/aromatic N) is 3. The molecule has 6 nitrogen and oxygen atoms in total. The van der Waals surface area contributed by atoms with Gasteiger partial charge in [-0.2, -0.15) is 0 Å². The van der Waals surface area contributed by atoms with Crippen molar-refractivity contribution in [2.45, 2.75) is 56.7 Å². The van der Waals surface area contributed by atoms with E-state index in [0.717, 1.165) is 16.9 Å². The number of hydrogen-bond acceptors (Lipinski definition) is 8. The lowest BCUT2D eigenvalue weighted by atomic mass is 9.91. The van der Waals surface area contributed by atoms with Gasteiger partial charge in [0, 0.05) is 5.75 Å². The summed E-state index contributed by atoms with van der Waals surface area (Å²) in [5, 5.41) is 15.2. The molecule has 3 rings (SSSR count). The van der Waals surface area contributed by atoms with Crippen LogP contribution in [0.5, 0.6) is 0 Å². The third kappa shape index (κ3) is 5.33. The maximum absolute atomic E-state index is 10.6. The molecule has 150 valence electrons. The summed E-state index contributed by atoms with van der Waals surface area (Å²) in [4.78, 5) is 13.7. The third-order valence-corrected chi connectivity index (χ3v) is 6.13. The zero-order valence-electron chi connectivity index (χ0n) is 16.6. The largest absolute Gasteiger partial charge is 0.388 e. The van der Waals surface area contributed by atoms with Crippen molar-refractivity contribution in [3.63, 3.8) is 0 Å². The number of nitrogen functional groups attached to an aromatic ring is 1. The number of aliphatic hydroxyl groups is 1. The molecule has 2 heterocycles. The van der Waals surface area contributed by atoms with Crippen LogP contribution in [-0.2, 0) is 5.75 Å². The van der Waals surface area contributed by atoms with E-state index in [4.69, 9.17) is 10.7 Å². The quantitative estimate of drug-likeness (QED) is 0.365. The van der Waals surface area contributed by atoms with Crippen LogP contribution in [0.15, 0.2) is 35.5 Å². The van der Waals surface area contributed by atoms with Crippen LogP contribution in [0.25, 0.3) is 10.3 Å². The second-order valence-corrected chi connectivity index (χ2v) is 9.79. The Hall–Kier alpha value is -1.90. The number of thioether (sulfide) groups is 1. The smallest absolute Gasteiger partial charge is 0.191 e. The van der Waals surface area contributed by atoms with E-state index in [2.05, 4.69) is 41.3 Å². The van der Waals surface area contributed by atoms with Crippen molar-refractivity contribution in [2.24, 2.45) is 5.92 Å². The predicted octanol–water partition coefficient (Wildman–Crippen LogP) is 4.56. The number of hydrogen-bond donors (Lipinski definition) is 3. The number of thiazole rings is 1. The maximum Gasteiger partial charge on any atom is 0.191 e. The van der Waals surface area contributed by atoms with Gasteiger partial charge in [-0.15, -0.1) is 0 Å². The first kappa shape index (κ1) is 20.8. The van der Waals surface area contributed by atoms with Gasteiger partial charge in [-0.25, -0.2) is 15.0 Å². The molecule has 0 aliphatic carbocycles. The van der Waals surface area contributed by atoms with E-state index in [1.165, 1.54) is 16.9 Å². The number of fused-ring (bicyclic) bond motifs is 1. The van der Waals surface area contributed by atoms with Gasteiger partial charge in [-0.3, -0.25) is 0 Å². The van der Waals surface area contributed by atoms with E-state index in [-0.39, 0.29) is 6.04 Å². The topological polar surface area (TPSA) is 97.0 Å². The van der Waals surface area contributed by atoms with E-state index < -0.39 is 5.60 Å². The highest BCUT2D eigenvalue weighted by molar-refractivity contribution is 7.98. The number of nitrogens with one attached hydrogen (secondary N) is 1. The molecule has 0 saturated carbocycles. The molecule has 8 heteroatoms. The van der Waals surface area contributed by atoms with Gasteiger partial charge in [0.1, 0.15) is 4.70 Å². The molecule has 1 aromatic carbocycles. The Labute approximate surface area is 174 Å². The molecule has 0 bridgehead atoms. The molecule has 0 aliphatic rings. The van der Waals surface area contributed by atoms with Gasteiger partial charge in [0.15, 0.2) is 21.8 Å².